The van der Waals surface area contributed by atoms with E-state index in [4.69, 9.17) is 9.72 Å². The molecule has 8 nitrogen and oxygen atoms in total. The zero-order valence-electron chi connectivity index (χ0n) is 17.6. The number of H-pyrrole nitrogens is 1. The van der Waals surface area contributed by atoms with Crippen LogP contribution in [0.1, 0.15) is 25.5 Å². The van der Waals surface area contributed by atoms with Crippen LogP contribution in [0.2, 0.25) is 0 Å². The van der Waals surface area contributed by atoms with Crippen molar-refractivity contribution in [2.45, 2.75) is 19.9 Å². The maximum Gasteiger partial charge on any atom is 0.246 e. The monoisotopic (exact) mass is 406 g/mol. The van der Waals surface area contributed by atoms with Crippen LogP contribution in [0, 0.1) is 0 Å². The van der Waals surface area contributed by atoms with Crippen molar-refractivity contribution < 1.29 is 9.53 Å². The highest BCUT2D eigenvalue weighted by atomic mass is 16.5. The highest BCUT2D eigenvalue weighted by molar-refractivity contribution is 6.07. The first-order valence-electron chi connectivity index (χ1n) is 10.0. The Balaban J connectivity index is 1.69. The smallest absolute Gasteiger partial charge is 0.246 e. The van der Waals surface area contributed by atoms with Gasteiger partial charge in [-0.25, -0.2) is 9.97 Å². The molecule has 0 saturated heterocycles. The fraction of sp³-hybridized carbons (Fsp3) is 0.318. The maximum atomic E-state index is 12.0. The lowest BCUT2D eigenvalue weighted by atomic mass is 10.0. The van der Waals surface area contributed by atoms with E-state index in [1.165, 1.54) is 0 Å². The fourth-order valence-electron chi connectivity index (χ4n) is 3.66. The lowest BCUT2D eigenvalue weighted by Crippen LogP contribution is -2.30. The molecule has 3 aromatic heterocycles. The Hall–Kier alpha value is -3.39. The summed E-state index contributed by atoms with van der Waals surface area (Å²) < 4.78 is 7.18. The molecule has 1 atom stereocenters. The van der Waals surface area contributed by atoms with E-state index in [2.05, 4.69) is 32.7 Å². The van der Waals surface area contributed by atoms with E-state index in [1.807, 2.05) is 50.7 Å². The predicted octanol–water partition coefficient (Wildman–Crippen LogP) is 3.37. The Kier molecular flexibility index (Phi) is 5.41. The van der Waals surface area contributed by atoms with Gasteiger partial charge in [0, 0.05) is 31.8 Å². The van der Waals surface area contributed by atoms with E-state index in [-0.39, 0.29) is 18.6 Å². The van der Waals surface area contributed by atoms with Crippen LogP contribution in [0.25, 0.3) is 33.3 Å². The number of aromatic nitrogens is 4. The number of aromatic amines is 1. The second-order valence-corrected chi connectivity index (χ2v) is 7.26. The van der Waals surface area contributed by atoms with Gasteiger partial charge in [0.05, 0.1) is 17.9 Å². The number of anilines is 1. The van der Waals surface area contributed by atoms with Gasteiger partial charge in [-0.2, -0.15) is 0 Å². The SMILES string of the molecule is CCOCC(=O)NC(C)c1cccc(-c2cc3c(nc(NC)c4ncn(C)c43)[nH]2)c1. The molecule has 1 amide bonds. The summed E-state index contributed by atoms with van der Waals surface area (Å²) >= 11 is 0. The van der Waals surface area contributed by atoms with E-state index in [0.717, 1.165) is 44.7 Å². The van der Waals surface area contributed by atoms with Crippen molar-refractivity contribution in [1.29, 1.82) is 0 Å². The first-order chi connectivity index (χ1) is 14.5. The van der Waals surface area contributed by atoms with Crippen LogP contribution >= 0.6 is 0 Å². The van der Waals surface area contributed by atoms with Crippen LogP contribution in [0.15, 0.2) is 36.7 Å². The molecular weight excluding hydrogens is 380 g/mol. The molecule has 4 aromatic rings. The summed E-state index contributed by atoms with van der Waals surface area (Å²) in [7, 11) is 3.82. The molecule has 30 heavy (non-hydrogen) atoms. The second kappa shape index (κ2) is 8.16. The molecule has 156 valence electrons. The number of imidazole rings is 1. The Bertz CT molecular complexity index is 1210. The van der Waals surface area contributed by atoms with Gasteiger partial charge in [-0.05, 0) is 37.1 Å². The van der Waals surface area contributed by atoms with Gasteiger partial charge in [-0.3, -0.25) is 4.79 Å². The van der Waals surface area contributed by atoms with E-state index in [0.29, 0.717) is 6.61 Å². The maximum absolute atomic E-state index is 12.0. The van der Waals surface area contributed by atoms with Crippen molar-refractivity contribution in [2.75, 3.05) is 25.6 Å². The topological polar surface area (TPSA) is 96.9 Å². The number of aryl methyl sites for hydroxylation is 1. The number of ether oxygens (including phenoxy) is 1. The van der Waals surface area contributed by atoms with Crippen LogP contribution in [0.5, 0.6) is 0 Å². The normalized spacial score (nSPS) is 12.4. The number of carbonyl (C=O) groups excluding carboxylic acids is 1. The van der Waals surface area contributed by atoms with Crippen molar-refractivity contribution in [3.05, 3.63) is 42.2 Å². The minimum absolute atomic E-state index is 0.0721. The lowest BCUT2D eigenvalue weighted by molar-refractivity contribution is -0.126. The van der Waals surface area contributed by atoms with Gasteiger partial charge >= 0.3 is 0 Å². The van der Waals surface area contributed by atoms with Crippen molar-refractivity contribution in [1.82, 2.24) is 24.8 Å². The fourth-order valence-corrected chi connectivity index (χ4v) is 3.66. The molecule has 8 heteroatoms. The van der Waals surface area contributed by atoms with Crippen molar-refractivity contribution in [3.63, 3.8) is 0 Å². The third kappa shape index (κ3) is 3.61. The van der Waals surface area contributed by atoms with Crippen LogP contribution in [-0.2, 0) is 16.6 Å². The average molecular weight is 406 g/mol. The van der Waals surface area contributed by atoms with E-state index in [1.54, 1.807) is 6.33 Å². The number of amides is 1. The van der Waals surface area contributed by atoms with Crippen molar-refractivity contribution in [3.8, 4) is 11.3 Å². The average Bonchev–Trinajstić information content (AvgIpc) is 3.35. The van der Waals surface area contributed by atoms with E-state index in [9.17, 15) is 4.79 Å². The van der Waals surface area contributed by atoms with Gasteiger partial charge in [0.15, 0.2) is 5.82 Å². The Morgan fingerprint density at radius 2 is 2.17 bits per heavy atom. The van der Waals surface area contributed by atoms with Crippen molar-refractivity contribution >= 4 is 33.8 Å². The van der Waals surface area contributed by atoms with Gasteiger partial charge in [0.25, 0.3) is 0 Å². The molecular formula is C22H26N6O2. The summed E-state index contributed by atoms with van der Waals surface area (Å²) in [6.07, 6.45) is 1.80. The molecule has 1 unspecified atom stereocenters. The van der Waals surface area contributed by atoms with Gasteiger partial charge < -0.3 is 24.9 Å². The minimum Gasteiger partial charge on any atom is -0.372 e. The highest BCUT2D eigenvalue weighted by Crippen LogP contribution is 2.32. The molecule has 0 spiro atoms. The Morgan fingerprint density at radius 3 is 2.93 bits per heavy atom. The number of nitrogens with zero attached hydrogens (tertiary/aromatic N) is 3. The summed E-state index contributed by atoms with van der Waals surface area (Å²) in [6, 6.07) is 10.1. The number of hydrogen-bond acceptors (Lipinski definition) is 5. The highest BCUT2D eigenvalue weighted by Gasteiger charge is 2.16. The quantitative estimate of drug-likeness (QED) is 0.437. The molecule has 0 radical (unpaired) electrons. The van der Waals surface area contributed by atoms with Crippen molar-refractivity contribution in [2.24, 2.45) is 7.05 Å². The third-order valence-electron chi connectivity index (χ3n) is 5.19. The standard InChI is InChI=1S/C22H26N6O2/c1-5-30-11-18(29)25-13(2)14-7-6-8-15(9-14)17-10-16-20-19(24-12-28(20)4)22(23-3)27-21(16)26-17/h6-10,12-13H,5,11H2,1-4H3,(H,25,29)(H2,23,26,27). The largest absolute Gasteiger partial charge is 0.372 e. The Morgan fingerprint density at radius 1 is 1.33 bits per heavy atom. The Labute approximate surface area is 174 Å². The second-order valence-electron chi connectivity index (χ2n) is 7.26. The molecule has 1 aromatic carbocycles. The summed E-state index contributed by atoms with van der Waals surface area (Å²) in [5.74, 6) is 0.619. The third-order valence-corrected chi connectivity index (χ3v) is 5.19. The van der Waals surface area contributed by atoms with Crippen LogP contribution in [-0.4, -0.2) is 45.7 Å². The van der Waals surface area contributed by atoms with Gasteiger partial charge in [-0.15, -0.1) is 0 Å². The van der Waals surface area contributed by atoms with Gasteiger partial charge in [-0.1, -0.05) is 18.2 Å². The summed E-state index contributed by atoms with van der Waals surface area (Å²) in [4.78, 5) is 24.6. The number of pyridine rings is 1. The number of nitrogens with one attached hydrogen (secondary N) is 3. The van der Waals surface area contributed by atoms with Crippen LogP contribution in [0.4, 0.5) is 5.82 Å². The molecule has 3 N–H and O–H groups in total. The molecule has 0 fully saturated rings. The molecule has 0 aliphatic rings. The number of fused-ring (bicyclic) bond motifs is 3. The summed E-state index contributed by atoms with van der Waals surface area (Å²) in [6.45, 7) is 4.43. The zero-order chi connectivity index (χ0) is 21.3. The van der Waals surface area contributed by atoms with Gasteiger partial charge in [0.2, 0.25) is 5.91 Å². The molecule has 3 heterocycles. The van der Waals surface area contributed by atoms with E-state index >= 15 is 0 Å². The molecule has 0 aliphatic heterocycles. The summed E-state index contributed by atoms with van der Waals surface area (Å²) in [5, 5.41) is 7.11. The first kappa shape index (κ1) is 19.9. The molecule has 0 saturated carbocycles. The van der Waals surface area contributed by atoms with Crippen LogP contribution < -0.4 is 10.6 Å². The van der Waals surface area contributed by atoms with E-state index < -0.39 is 0 Å². The molecule has 0 aliphatic carbocycles. The number of benzene rings is 1. The molecule has 0 bridgehead atoms. The van der Waals surface area contributed by atoms with Gasteiger partial charge in [0.1, 0.15) is 17.8 Å². The lowest BCUT2D eigenvalue weighted by Gasteiger charge is -2.15. The van der Waals surface area contributed by atoms with Crippen LogP contribution in [0.3, 0.4) is 0 Å². The first-order valence-corrected chi connectivity index (χ1v) is 10.0. The predicted molar refractivity (Wildman–Crippen MR) is 118 cm³/mol. The number of carbonyl (C=O) groups is 1. The number of hydrogen-bond donors (Lipinski definition) is 3. The molecule has 4 rings (SSSR count). The summed E-state index contributed by atoms with van der Waals surface area (Å²) in [5.41, 5.74) is 5.68. The number of rotatable bonds is 7. The zero-order valence-corrected chi connectivity index (χ0v) is 17.6. The minimum atomic E-state index is -0.125.